The van der Waals surface area contributed by atoms with Crippen molar-refractivity contribution in [1.82, 2.24) is 4.90 Å². The average Bonchev–Trinajstić information content (AvgIpc) is 2.85. The van der Waals surface area contributed by atoms with Crippen molar-refractivity contribution < 1.29 is 5.11 Å². The molecule has 2 nitrogen and oxygen atoms in total. The maximum atomic E-state index is 9.71. The van der Waals surface area contributed by atoms with Gasteiger partial charge < -0.3 is 5.11 Å². The van der Waals surface area contributed by atoms with Crippen LogP contribution < -0.4 is 0 Å². The molecule has 2 saturated heterocycles. The highest BCUT2D eigenvalue weighted by Crippen LogP contribution is 2.41. The Morgan fingerprint density at radius 2 is 1.46 bits per heavy atom. The molecule has 2 heterocycles. The predicted octanol–water partition coefficient (Wildman–Crippen LogP) is 1.53. The van der Waals surface area contributed by atoms with Crippen LogP contribution in [-0.4, -0.2) is 34.2 Å². The summed E-state index contributed by atoms with van der Waals surface area (Å²) in [6.45, 7) is 0. The lowest BCUT2D eigenvalue weighted by molar-refractivity contribution is -0.0312. The number of hydrogen-bond acceptors (Lipinski definition) is 2. The van der Waals surface area contributed by atoms with E-state index in [0.29, 0.717) is 0 Å². The minimum atomic E-state index is 0.00491. The summed E-state index contributed by atoms with van der Waals surface area (Å²) in [7, 11) is 0. The molecule has 3 aliphatic rings. The van der Waals surface area contributed by atoms with E-state index in [1.54, 1.807) is 0 Å². The minimum Gasteiger partial charge on any atom is -0.393 e. The normalized spacial score (nSPS) is 46.4. The molecular formula is C11H19NO. The van der Waals surface area contributed by atoms with E-state index in [-0.39, 0.29) is 6.10 Å². The first-order valence-electron chi connectivity index (χ1n) is 5.80. The number of aliphatic hydroxyl groups is 1. The van der Waals surface area contributed by atoms with Crippen LogP contribution in [0.3, 0.4) is 0 Å². The molecule has 1 aliphatic carbocycles. The lowest BCUT2D eigenvalue weighted by Crippen LogP contribution is -2.54. The van der Waals surface area contributed by atoms with Gasteiger partial charge in [-0.25, -0.2) is 0 Å². The third-order valence-corrected chi connectivity index (χ3v) is 3.97. The molecule has 2 bridgehead atoms. The van der Waals surface area contributed by atoms with Crippen LogP contribution in [0.15, 0.2) is 0 Å². The van der Waals surface area contributed by atoms with E-state index < -0.39 is 0 Å². The number of rotatable bonds is 1. The summed E-state index contributed by atoms with van der Waals surface area (Å²) in [6, 6.07) is 2.37. The Hall–Kier alpha value is -0.0800. The highest BCUT2D eigenvalue weighted by atomic mass is 16.3. The minimum absolute atomic E-state index is 0.00491. The monoisotopic (exact) mass is 181 g/mol. The quantitative estimate of drug-likeness (QED) is 0.663. The van der Waals surface area contributed by atoms with Crippen LogP contribution in [0, 0.1) is 0 Å². The van der Waals surface area contributed by atoms with E-state index in [9.17, 15) is 5.11 Å². The van der Waals surface area contributed by atoms with Gasteiger partial charge in [-0.05, 0) is 38.5 Å². The standard InChI is InChI=1S/C11H19NO/c13-11-6-9-2-1-3-10(7-11)12(9)8-4-5-8/h8-11,13H,1-7H2/t9-,10-/m1/s1. The number of piperidine rings is 2. The fourth-order valence-corrected chi connectivity index (χ4v) is 3.36. The first-order valence-corrected chi connectivity index (χ1v) is 5.80. The van der Waals surface area contributed by atoms with Gasteiger partial charge in [0.15, 0.2) is 0 Å². The molecule has 1 saturated carbocycles. The molecule has 2 aliphatic heterocycles. The smallest absolute Gasteiger partial charge is 0.0570 e. The van der Waals surface area contributed by atoms with Crippen molar-refractivity contribution in [2.24, 2.45) is 0 Å². The van der Waals surface area contributed by atoms with Crippen molar-refractivity contribution in [3.63, 3.8) is 0 Å². The van der Waals surface area contributed by atoms with Crippen molar-refractivity contribution >= 4 is 0 Å². The van der Waals surface area contributed by atoms with Gasteiger partial charge in [-0.15, -0.1) is 0 Å². The Labute approximate surface area is 79.9 Å². The highest BCUT2D eigenvalue weighted by molar-refractivity contribution is 4.99. The maximum absolute atomic E-state index is 9.71. The fraction of sp³-hybridized carbons (Fsp3) is 1.00. The van der Waals surface area contributed by atoms with Gasteiger partial charge in [0.25, 0.3) is 0 Å². The van der Waals surface area contributed by atoms with E-state index >= 15 is 0 Å². The van der Waals surface area contributed by atoms with Gasteiger partial charge in [-0.1, -0.05) is 6.42 Å². The van der Waals surface area contributed by atoms with E-state index in [0.717, 1.165) is 31.0 Å². The van der Waals surface area contributed by atoms with Gasteiger partial charge in [0, 0.05) is 18.1 Å². The molecule has 74 valence electrons. The molecule has 0 aromatic rings. The number of nitrogens with zero attached hydrogens (tertiary/aromatic N) is 1. The van der Waals surface area contributed by atoms with E-state index in [4.69, 9.17) is 0 Å². The van der Waals surface area contributed by atoms with Gasteiger partial charge >= 0.3 is 0 Å². The molecule has 0 radical (unpaired) electrons. The number of aliphatic hydroxyl groups excluding tert-OH is 1. The molecule has 0 aromatic heterocycles. The Bertz CT molecular complexity index is 188. The molecule has 2 atom stereocenters. The zero-order valence-electron chi connectivity index (χ0n) is 8.15. The first kappa shape index (κ1) is 8.25. The van der Waals surface area contributed by atoms with Crippen molar-refractivity contribution in [1.29, 1.82) is 0 Å². The molecule has 3 fully saturated rings. The zero-order valence-corrected chi connectivity index (χ0v) is 8.15. The Balaban J connectivity index is 1.78. The Morgan fingerprint density at radius 3 is 2.00 bits per heavy atom. The summed E-state index contributed by atoms with van der Waals surface area (Å²) >= 11 is 0. The molecule has 0 amide bonds. The maximum Gasteiger partial charge on any atom is 0.0570 e. The van der Waals surface area contributed by atoms with Crippen LogP contribution in [0.25, 0.3) is 0 Å². The molecule has 0 aromatic carbocycles. The molecule has 2 heteroatoms. The molecule has 0 unspecified atom stereocenters. The summed E-state index contributed by atoms with van der Waals surface area (Å²) in [5, 5.41) is 9.71. The summed E-state index contributed by atoms with van der Waals surface area (Å²) < 4.78 is 0. The van der Waals surface area contributed by atoms with Gasteiger partial charge in [-0.3, -0.25) is 4.90 Å². The second-order valence-electron chi connectivity index (χ2n) is 5.04. The van der Waals surface area contributed by atoms with Crippen molar-refractivity contribution in [3.8, 4) is 0 Å². The third kappa shape index (κ3) is 1.40. The van der Waals surface area contributed by atoms with Gasteiger partial charge in [-0.2, -0.15) is 0 Å². The topological polar surface area (TPSA) is 23.5 Å². The fourth-order valence-electron chi connectivity index (χ4n) is 3.36. The molecule has 1 N–H and O–H groups in total. The van der Waals surface area contributed by atoms with Crippen molar-refractivity contribution in [3.05, 3.63) is 0 Å². The van der Waals surface area contributed by atoms with E-state index in [1.807, 2.05) is 0 Å². The second-order valence-corrected chi connectivity index (χ2v) is 5.04. The van der Waals surface area contributed by atoms with Gasteiger partial charge in [0.1, 0.15) is 0 Å². The van der Waals surface area contributed by atoms with Gasteiger partial charge in [0.05, 0.1) is 6.10 Å². The van der Waals surface area contributed by atoms with Crippen LogP contribution in [0.1, 0.15) is 44.9 Å². The van der Waals surface area contributed by atoms with Gasteiger partial charge in [0.2, 0.25) is 0 Å². The zero-order chi connectivity index (χ0) is 8.84. The van der Waals surface area contributed by atoms with Crippen molar-refractivity contribution in [2.45, 2.75) is 69.2 Å². The second kappa shape index (κ2) is 2.96. The highest BCUT2D eigenvalue weighted by Gasteiger charge is 2.44. The molecular weight excluding hydrogens is 162 g/mol. The number of hydrogen-bond donors (Lipinski definition) is 1. The van der Waals surface area contributed by atoms with Crippen LogP contribution in [0.4, 0.5) is 0 Å². The van der Waals surface area contributed by atoms with Crippen LogP contribution in [-0.2, 0) is 0 Å². The summed E-state index contributed by atoms with van der Waals surface area (Å²) in [5.74, 6) is 0. The third-order valence-electron chi connectivity index (χ3n) is 3.97. The van der Waals surface area contributed by atoms with Crippen LogP contribution in [0.2, 0.25) is 0 Å². The first-order chi connectivity index (χ1) is 6.34. The average molecular weight is 181 g/mol. The van der Waals surface area contributed by atoms with Crippen LogP contribution in [0.5, 0.6) is 0 Å². The van der Waals surface area contributed by atoms with Crippen LogP contribution >= 0.6 is 0 Å². The SMILES string of the molecule is OC1C[C@H]2CCC[C@H](C1)N2C1CC1. The summed E-state index contributed by atoms with van der Waals surface area (Å²) in [4.78, 5) is 2.75. The summed E-state index contributed by atoms with van der Waals surface area (Å²) in [5.41, 5.74) is 0. The lowest BCUT2D eigenvalue weighted by atomic mass is 9.83. The largest absolute Gasteiger partial charge is 0.393 e. The van der Waals surface area contributed by atoms with Crippen molar-refractivity contribution in [2.75, 3.05) is 0 Å². The number of fused-ring (bicyclic) bond motifs is 2. The molecule has 13 heavy (non-hydrogen) atoms. The predicted molar refractivity (Wildman–Crippen MR) is 51.5 cm³/mol. The van der Waals surface area contributed by atoms with E-state index in [1.165, 1.54) is 32.1 Å². The Kier molecular flexibility index (Phi) is 1.88. The Morgan fingerprint density at radius 1 is 0.846 bits per heavy atom. The molecule has 0 spiro atoms. The lowest BCUT2D eigenvalue weighted by Gasteiger charge is -2.48. The van der Waals surface area contributed by atoms with E-state index in [2.05, 4.69) is 4.90 Å². The summed E-state index contributed by atoms with van der Waals surface area (Å²) in [6.07, 6.45) is 9.01. The molecule has 3 rings (SSSR count).